The highest BCUT2D eigenvalue weighted by molar-refractivity contribution is 6.10. The molecule has 0 saturated heterocycles. The van der Waals surface area contributed by atoms with E-state index in [4.69, 9.17) is 4.74 Å². The third-order valence-corrected chi connectivity index (χ3v) is 5.75. The number of H-pyrrole nitrogens is 1. The number of carbonyl (C=O) groups excluding carboxylic acids is 3. The highest BCUT2D eigenvalue weighted by Gasteiger charge is 2.27. The van der Waals surface area contributed by atoms with Gasteiger partial charge in [0, 0.05) is 42.4 Å². The zero-order valence-corrected chi connectivity index (χ0v) is 20.9. The van der Waals surface area contributed by atoms with Gasteiger partial charge in [-0.2, -0.15) is 0 Å². The number of amides is 3. The summed E-state index contributed by atoms with van der Waals surface area (Å²) in [6.45, 7) is 7.15. The topological polar surface area (TPSA) is 116 Å². The van der Waals surface area contributed by atoms with E-state index in [1.807, 2.05) is 30.3 Å². The van der Waals surface area contributed by atoms with Gasteiger partial charge >= 0.3 is 6.09 Å². The first kappa shape index (κ1) is 25.0. The maximum atomic E-state index is 13.5. The Hall–Kier alpha value is -4.14. The Bertz CT molecular complexity index is 1310. The van der Waals surface area contributed by atoms with Gasteiger partial charge in [0.25, 0.3) is 0 Å². The van der Waals surface area contributed by atoms with Gasteiger partial charge in [-0.25, -0.2) is 9.78 Å². The van der Waals surface area contributed by atoms with Gasteiger partial charge in [0.2, 0.25) is 11.8 Å². The van der Waals surface area contributed by atoms with Crippen LogP contribution in [0.3, 0.4) is 0 Å². The van der Waals surface area contributed by atoms with Crippen LogP contribution in [0.1, 0.15) is 38.8 Å². The second kappa shape index (κ2) is 10.2. The van der Waals surface area contributed by atoms with Crippen molar-refractivity contribution in [1.82, 2.24) is 20.6 Å². The third kappa shape index (κ3) is 5.91. The van der Waals surface area contributed by atoms with Gasteiger partial charge in [0.15, 0.2) is 0 Å². The summed E-state index contributed by atoms with van der Waals surface area (Å²) in [7, 11) is 0. The van der Waals surface area contributed by atoms with Crippen molar-refractivity contribution in [2.75, 3.05) is 18.0 Å². The quantitative estimate of drug-likeness (QED) is 0.490. The monoisotopic (exact) mass is 489 g/mol. The number of aromatic nitrogens is 2. The minimum Gasteiger partial charge on any atom is -0.444 e. The highest BCUT2D eigenvalue weighted by atomic mass is 16.6. The molecule has 1 aromatic carbocycles. The van der Waals surface area contributed by atoms with Gasteiger partial charge in [-0.1, -0.05) is 30.3 Å². The number of anilines is 1. The molecular weight excluding hydrogens is 458 g/mol. The van der Waals surface area contributed by atoms with Gasteiger partial charge in [0.1, 0.15) is 11.2 Å². The molecule has 3 amide bonds. The summed E-state index contributed by atoms with van der Waals surface area (Å²) in [4.78, 5) is 47.3. The Kier molecular flexibility index (Phi) is 7.10. The molecule has 0 spiro atoms. The number of nitrogens with zero attached hydrogens (tertiary/aromatic N) is 2. The molecular formula is C27H31N5O4. The molecule has 0 aliphatic carbocycles. The van der Waals surface area contributed by atoms with Crippen molar-refractivity contribution in [2.45, 2.75) is 45.8 Å². The average molecular weight is 490 g/mol. The molecule has 36 heavy (non-hydrogen) atoms. The standard InChI is InChI=1S/C27H31N5O4/c1-17(33)32-16-20(13-19-14-29-24-23(19)22(32)10-11-28-24)25(34)31-21(12-18-8-6-5-7-9-18)15-30-26(35)36-27(2,3)4/h5-11,13-14,21H,12,15-16H2,1-4H3,(H,28,29)(H,30,35)(H,31,34)/t21-/m0/s1. The van der Waals surface area contributed by atoms with Crippen LogP contribution in [-0.4, -0.2) is 52.6 Å². The lowest BCUT2D eigenvalue weighted by molar-refractivity contribution is -0.118. The van der Waals surface area contributed by atoms with E-state index in [2.05, 4.69) is 20.6 Å². The lowest BCUT2D eigenvalue weighted by atomic mass is 10.0. The van der Waals surface area contributed by atoms with Crippen LogP contribution in [0.5, 0.6) is 0 Å². The van der Waals surface area contributed by atoms with Gasteiger partial charge in [-0.3, -0.25) is 9.59 Å². The zero-order chi connectivity index (χ0) is 25.9. The zero-order valence-electron chi connectivity index (χ0n) is 20.9. The molecule has 4 rings (SSSR count). The molecule has 0 unspecified atom stereocenters. The van der Waals surface area contributed by atoms with Crippen molar-refractivity contribution >= 4 is 40.7 Å². The number of pyridine rings is 1. The number of benzene rings is 1. The molecule has 3 heterocycles. The summed E-state index contributed by atoms with van der Waals surface area (Å²) in [6, 6.07) is 11.1. The fourth-order valence-electron chi connectivity index (χ4n) is 4.18. The van der Waals surface area contributed by atoms with Crippen LogP contribution < -0.4 is 15.5 Å². The fourth-order valence-corrected chi connectivity index (χ4v) is 4.18. The van der Waals surface area contributed by atoms with Gasteiger partial charge in [-0.05, 0) is 44.9 Å². The number of hydrogen-bond donors (Lipinski definition) is 3. The summed E-state index contributed by atoms with van der Waals surface area (Å²) in [5.74, 6) is -0.494. The smallest absolute Gasteiger partial charge is 0.407 e. The maximum Gasteiger partial charge on any atom is 0.407 e. The van der Waals surface area contributed by atoms with E-state index in [0.29, 0.717) is 23.3 Å². The SMILES string of the molecule is CC(=O)N1CC(C(=O)N[C@H](CNC(=O)OC(C)(C)C)Cc2ccccc2)=Cc2c[nH]c3nccc1c23. The van der Waals surface area contributed by atoms with Crippen LogP contribution >= 0.6 is 0 Å². The van der Waals surface area contributed by atoms with E-state index in [1.54, 1.807) is 50.2 Å². The lowest BCUT2D eigenvalue weighted by Gasteiger charge is -2.25. The highest BCUT2D eigenvalue weighted by Crippen LogP contribution is 2.33. The Labute approximate surface area is 209 Å². The number of ether oxygens (including phenoxy) is 1. The van der Waals surface area contributed by atoms with Gasteiger partial charge in [0.05, 0.1) is 18.3 Å². The van der Waals surface area contributed by atoms with E-state index < -0.39 is 17.7 Å². The van der Waals surface area contributed by atoms with E-state index in [1.165, 1.54) is 6.92 Å². The molecule has 0 bridgehead atoms. The van der Waals surface area contributed by atoms with Crippen LogP contribution in [0, 0.1) is 0 Å². The average Bonchev–Trinajstić information content (AvgIpc) is 3.13. The lowest BCUT2D eigenvalue weighted by Crippen LogP contribution is -2.47. The minimum atomic E-state index is -0.630. The molecule has 0 saturated carbocycles. The molecule has 3 aromatic rings. The third-order valence-electron chi connectivity index (χ3n) is 5.75. The fraction of sp³-hybridized carbons (Fsp3) is 0.333. The maximum absolute atomic E-state index is 13.5. The molecule has 0 fully saturated rings. The Morgan fingerprint density at radius 3 is 2.61 bits per heavy atom. The summed E-state index contributed by atoms with van der Waals surface area (Å²) in [6.07, 6.45) is 5.15. The predicted octanol–water partition coefficient (Wildman–Crippen LogP) is 3.57. The van der Waals surface area contributed by atoms with Crippen molar-refractivity contribution < 1.29 is 19.1 Å². The predicted molar refractivity (Wildman–Crippen MR) is 138 cm³/mol. The Morgan fingerprint density at radius 2 is 1.92 bits per heavy atom. The van der Waals surface area contributed by atoms with Crippen molar-refractivity contribution in [2.24, 2.45) is 0 Å². The minimum absolute atomic E-state index is 0.118. The van der Waals surface area contributed by atoms with E-state index in [-0.39, 0.29) is 24.9 Å². The Morgan fingerprint density at radius 1 is 1.17 bits per heavy atom. The van der Waals surface area contributed by atoms with Crippen molar-refractivity contribution in [3.8, 4) is 0 Å². The molecule has 1 aliphatic heterocycles. The van der Waals surface area contributed by atoms with Gasteiger partial charge < -0.3 is 25.3 Å². The van der Waals surface area contributed by atoms with Crippen LogP contribution in [0.25, 0.3) is 17.1 Å². The molecule has 3 N–H and O–H groups in total. The van der Waals surface area contributed by atoms with Crippen molar-refractivity contribution in [3.63, 3.8) is 0 Å². The molecule has 9 nitrogen and oxygen atoms in total. The van der Waals surface area contributed by atoms with Gasteiger partial charge in [-0.15, -0.1) is 0 Å². The van der Waals surface area contributed by atoms with E-state index in [9.17, 15) is 14.4 Å². The first-order valence-corrected chi connectivity index (χ1v) is 11.9. The van der Waals surface area contributed by atoms with Crippen molar-refractivity contribution in [3.05, 3.63) is 65.5 Å². The van der Waals surface area contributed by atoms with E-state index >= 15 is 0 Å². The van der Waals surface area contributed by atoms with Crippen molar-refractivity contribution in [1.29, 1.82) is 0 Å². The summed E-state index contributed by atoms with van der Waals surface area (Å²) < 4.78 is 5.35. The van der Waals surface area contributed by atoms with Crippen LogP contribution in [0.15, 0.2) is 54.4 Å². The number of hydrogen-bond acceptors (Lipinski definition) is 5. The molecule has 2 aromatic heterocycles. The van der Waals surface area contributed by atoms with Crippen LogP contribution in [-0.2, 0) is 20.7 Å². The first-order chi connectivity index (χ1) is 17.1. The summed E-state index contributed by atoms with van der Waals surface area (Å²) in [5, 5.41) is 6.60. The molecule has 1 atom stereocenters. The normalized spacial score (nSPS) is 14.0. The molecule has 188 valence electrons. The number of rotatable bonds is 6. The number of carbonyl (C=O) groups is 3. The number of alkyl carbamates (subject to hydrolysis) is 1. The molecule has 1 aliphatic rings. The second-order valence-electron chi connectivity index (χ2n) is 9.82. The number of nitrogens with one attached hydrogen (secondary N) is 3. The van der Waals surface area contributed by atoms with E-state index in [0.717, 1.165) is 16.5 Å². The molecule has 9 heteroatoms. The molecule has 0 radical (unpaired) electrons. The Balaban J connectivity index is 1.57. The van der Waals surface area contributed by atoms with Crippen LogP contribution in [0.4, 0.5) is 10.5 Å². The summed E-state index contributed by atoms with van der Waals surface area (Å²) >= 11 is 0. The summed E-state index contributed by atoms with van der Waals surface area (Å²) in [5.41, 5.74) is 2.95. The first-order valence-electron chi connectivity index (χ1n) is 11.9. The number of aromatic amines is 1. The van der Waals surface area contributed by atoms with Crippen LogP contribution in [0.2, 0.25) is 0 Å². The second-order valence-corrected chi connectivity index (χ2v) is 9.82. The largest absolute Gasteiger partial charge is 0.444 e.